The molecule has 21 heavy (non-hydrogen) atoms. The summed E-state index contributed by atoms with van der Waals surface area (Å²) in [4.78, 5) is 24.4. The summed E-state index contributed by atoms with van der Waals surface area (Å²) in [6.45, 7) is 0.573. The summed E-state index contributed by atoms with van der Waals surface area (Å²) in [6.07, 6.45) is 2.06. The monoisotopic (exact) mass is 289 g/mol. The van der Waals surface area contributed by atoms with Crippen molar-refractivity contribution in [3.8, 4) is 0 Å². The highest BCUT2D eigenvalue weighted by molar-refractivity contribution is 5.86. The van der Waals surface area contributed by atoms with E-state index in [1.54, 1.807) is 12.1 Å². The van der Waals surface area contributed by atoms with Gasteiger partial charge in [-0.1, -0.05) is 30.3 Å². The Labute approximate surface area is 123 Å². The van der Waals surface area contributed by atoms with E-state index in [4.69, 9.17) is 9.47 Å². The largest absolute Gasteiger partial charge is 0.445 e. The molecule has 5 nitrogen and oxygen atoms in total. The van der Waals surface area contributed by atoms with Gasteiger partial charge in [-0.05, 0) is 25.7 Å². The normalized spacial score (nSPS) is 22.6. The van der Waals surface area contributed by atoms with Gasteiger partial charge >= 0.3 is 5.97 Å². The van der Waals surface area contributed by atoms with Crippen LogP contribution < -0.4 is 5.32 Å². The maximum absolute atomic E-state index is 12.3. The van der Waals surface area contributed by atoms with Crippen LogP contribution in [0.4, 0.5) is 0 Å². The van der Waals surface area contributed by atoms with E-state index in [0.29, 0.717) is 18.6 Å². The average molecular weight is 289 g/mol. The minimum absolute atomic E-state index is 0.227. The van der Waals surface area contributed by atoms with Gasteiger partial charge in [-0.25, -0.2) is 4.79 Å². The molecule has 0 bridgehead atoms. The van der Waals surface area contributed by atoms with Gasteiger partial charge in [0.2, 0.25) is 6.10 Å². The number of carbonyl (C=O) groups is 2. The molecule has 1 aromatic rings. The van der Waals surface area contributed by atoms with Crippen LogP contribution in [0, 0.1) is 0 Å². The highest BCUT2D eigenvalue weighted by Crippen LogP contribution is 2.24. The predicted molar refractivity (Wildman–Crippen MR) is 75.4 cm³/mol. The number of ether oxygens (including phenoxy) is 2. The Morgan fingerprint density at radius 3 is 2.57 bits per heavy atom. The average Bonchev–Trinajstić information content (AvgIpc) is 3.15. The molecule has 5 heteroatoms. The van der Waals surface area contributed by atoms with Crippen molar-refractivity contribution in [2.75, 3.05) is 6.61 Å². The molecule has 2 fully saturated rings. The summed E-state index contributed by atoms with van der Waals surface area (Å²) in [5, 5.41) is 2.89. The van der Waals surface area contributed by atoms with Crippen molar-refractivity contribution in [1.82, 2.24) is 5.32 Å². The van der Waals surface area contributed by atoms with Crippen LogP contribution in [0.1, 0.15) is 37.4 Å². The predicted octanol–water partition coefficient (Wildman–Crippen LogP) is 1.73. The van der Waals surface area contributed by atoms with Gasteiger partial charge in [0.15, 0.2) is 6.10 Å². The van der Waals surface area contributed by atoms with Crippen LogP contribution in [-0.4, -0.2) is 30.6 Å². The molecule has 0 spiro atoms. The molecule has 0 aromatic heterocycles. The van der Waals surface area contributed by atoms with Crippen LogP contribution >= 0.6 is 0 Å². The third kappa shape index (κ3) is 3.61. The molecule has 1 saturated carbocycles. The molecule has 112 valence electrons. The van der Waals surface area contributed by atoms with E-state index in [9.17, 15) is 9.59 Å². The first kappa shape index (κ1) is 14.1. The van der Waals surface area contributed by atoms with Gasteiger partial charge < -0.3 is 14.8 Å². The summed E-state index contributed by atoms with van der Waals surface area (Å²) >= 11 is 0. The lowest BCUT2D eigenvalue weighted by Crippen LogP contribution is -2.35. The summed E-state index contributed by atoms with van der Waals surface area (Å²) in [7, 11) is 0. The maximum atomic E-state index is 12.3. The number of amides is 1. The lowest BCUT2D eigenvalue weighted by atomic mass is 10.1. The zero-order valence-corrected chi connectivity index (χ0v) is 11.8. The Balaban J connectivity index is 1.71. The molecule has 2 atom stereocenters. The summed E-state index contributed by atoms with van der Waals surface area (Å²) in [5.74, 6) is -0.706. The van der Waals surface area contributed by atoms with Crippen LogP contribution in [0.25, 0.3) is 0 Å². The van der Waals surface area contributed by atoms with Crippen LogP contribution in [0.15, 0.2) is 30.3 Å². The molecule has 1 N–H and O–H groups in total. The number of rotatable bonds is 5. The SMILES string of the molecule is O=C(NC1CC1)[C@@H](OC(=O)[C@H]1CCCO1)c1ccccc1. The minimum Gasteiger partial charge on any atom is -0.445 e. The van der Waals surface area contributed by atoms with E-state index in [-0.39, 0.29) is 11.9 Å². The van der Waals surface area contributed by atoms with E-state index in [2.05, 4.69) is 5.32 Å². The zero-order chi connectivity index (χ0) is 14.7. The summed E-state index contributed by atoms with van der Waals surface area (Å²) in [6, 6.07) is 9.32. The summed E-state index contributed by atoms with van der Waals surface area (Å²) in [5.41, 5.74) is 0.682. The van der Waals surface area contributed by atoms with E-state index in [1.807, 2.05) is 18.2 Å². The third-order valence-electron chi connectivity index (χ3n) is 3.69. The van der Waals surface area contributed by atoms with Gasteiger partial charge in [0.25, 0.3) is 5.91 Å². The van der Waals surface area contributed by atoms with E-state index >= 15 is 0 Å². The van der Waals surface area contributed by atoms with Gasteiger partial charge in [0, 0.05) is 18.2 Å². The fraction of sp³-hybridized carbons (Fsp3) is 0.500. The molecule has 1 aliphatic carbocycles. The Morgan fingerprint density at radius 2 is 1.95 bits per heavy atom. The molecule has 1 aromatic carbocycles. The zero-order valence-electron chi connectivity index (χ0n) is 11.8. The lowest BCUT2D eigenvalue weighted by molar-refractivity contribution is -0.165. The number of hydrogen-bond donors (Lipinski definition) is 1. The first-order valence-corrected chi connectivity index (χ1v) is 7.41. The summed E-state index contributed by atoms with van der Waals surface area (Å²) < 4.78 is 10.8. The van der Waals surface area contributed by atoms with Crippen molar-refractivity contribution in [3.63, 3.8) is 0 Å². The number of nitrogens with one attached hydrogen (secondary N) is 1. The fourth-order valence-electron chi connectivity index (χ4n) is 2.36. The lowest BCUT2D eigenvalue weighted by Gasteiger charge is -2.19. The molecule has 1 aliphatic heterocycles. The van der Waals surface area contributed by atoms with Gasteiger partial charge in [0.05, 0.1) is 0 Å². The standard InChI is InChI=1S/C16H19NO4/c18-15(17-12-8-9-12)14(11-5-2-1-3-6-11)21-16(19)13-7-4-10-20-13/h1-3,5-6,12-14H,4,7-10H2,(H,17,18)/t13-,14+/m1/s1. The second-order valence-corrected chi connectivity index (χ2v) is 5.51. The highest BCUT2D eigenvalue weighted by atomic mass is 16.6. The van der Waals surface area contributed by atoms with Crippen molar-refractivity contribution in [1.29, 1.82) is 0 Å². The molecular formula is C16H19NO4. The van der Waals surface area contributed by atoms with Gasteiger partial charge in [-0.2, -0.15) is 0 Å². The number of esters is 1. The number of hydrogen-bond acceptors (Lipinski definition) is 4. The number of benzene rings is 1. The van der Waals surface area contributed by atoms with Crippen LogP contribution in [0.3, 0.4) is 0 Å². The minimum atomic E-state index is -0.900. The van der Waals surface area contributed by atoms with Crippen molar-refractivity contribution < 1.29 is 19.1 Å². The van der Waals surface area contributed by atoms with Crippen LogP contribution in [-0.2, 0) is 19.1 Å². The molecule has 1 heterocycles. The van der Waals surface area contributed by atoms with Crippen molar-refractivity contribution in [2.24, 2.45) is 0 Å². The topological polar surface area (TPSA) is 64.6 Å². The maximum Gasteiger partial charge on any atom is 0.336 e. The molecule has 0 radical (unpaired) electrons. The van der Waals surface area contributed by atoms with Crippen molar-refractivity contribution >= 4 is 11.9 Å². The Kier molecular flexibility index (Phi) is 4.20. The Morgan fingerprint density at radius 1 is 1.19 bits per heavy atom. The second kappa shape index (κ2) is 6.26. The van der Waals surface area contributed by atoms with Crippen LogP contribution in [0.2, 0.25) is 0 Å². The van der Waals surface area contributed by atoms with E-state index < -0.39 is 18.2 Å². The van der Waals surface area contributed by atoms with Crippen molar-refractivity contribution in [2.45, 2.75) is 43.9 Å². The smallest absolute Gasteiger partial charge is 0.336 e. The van der Waals surface area contributed by atoms with Gasteiger partial charge in [0.1, 0.15) is 0 Å². The molecular weight excluding hydrogens is 270 g/mol. The molecule has 3 rings (SSSR count). The quantitative estimate of drug-likeness (QED) is 0.838. The third-order valence-corrected chi connectivity index (χ3v) is 3.69. The van der Waals surface area contributed by atoms with Crippen LogP contribution in [0.5, 0.6) is 0 Å². The second-order valence-electron chi connectivity index (χ2n) is 5.51. The molecule has 1 saturated heterocycles. The number of carbonyl (C=O) groups excluding carboxylic acids is 2. The van der Waals surface area contributed by atoms with Gasteiger partial charge in [-0.3, -0.25) is 4.79 Å². The van der Waals surface area contributed by atoms with Gasteiger partial charge in [-0.15, -0.1) is 0 Å². The van der Waals surface area contributed by atoms with Crippen molar-refractivity contribution in [3.05, 3.63) is 35.9 Å². The molecule has 2 aliphatic rings. The van der Waals surface area contributed by atoms with E-state index in [1.165, 1.54) is 0 Å². The molecule has 1 amide bonds. The Hall–Kier alpha value is -1.88. The highest BCUT2D eigenvalue weighted by Gasteiger charge is 2.33. The van der Waals surface area contributed by atoms with E-state index in [0.717, 1.165) is 19.3 Å². The molecule has 0 unspecified atom stereocenters. The first-order chi connectivity index (χ1) is 10.2. The Bertz CT molecular complexity index is 506. The fourth-order valence-corrected chi connectivity index (χ4v) is 2.36. The first-order valence-electron chi connectivity index (χ1n) is 7.41.